The lowest BCUT2D eigenvalue weighted by Crippen LogP contribution is -2.06. The summed E-state index contributed by atoms with van der Waals surface area (Å²) in [7, 11) is 0. The van der Waals surface area contributed by atoms with Gasteiger partial charge in [-0.1, -0.05) is 60.7 Å². The number of amides is 1. The molecular formula is C17H13NO2S. The van der Waals surface area contributed by atoms with E-state index in [1.54, 1.807) is 11.3 Å². The first kappa shape index (κ1) is 13.4. The molecular weight excluding hydrogens is 282 g/mol. The van der Waals surface area contributed by atoms with Crippen LogP contribution >= 0.6 is 11.3 Å². The summed E-state index contributed by atoms with van der Waals surface area (Å²) >= 11 is 1.58. The third-order valence-electron chi connectivity index (χ3n) is 3.07. The smallest absolute Gasteiger partial charge is 0.409 e. The summed E-state index contributed by atoms with van der Waals surface area (Å²) in [5, 5.41) is 11.5. The maximum atomic E-state index is 11.0. The fourth-order valence-electron chi connectivity index (χ4n) is 2.15. The van der Waals surface area contributed by atoms with Crippen molar-refractivity contribution in [3.05, 3.63) is 66.7 Å². The molecule has 2 aromatic carbocycles. The van der Waals surface area contributed by atoms with Crippen molar-refractivity contribution in [3.63, 3.8) is 0 Å². The Labute approximate surface area is 126 Å². The molecule has 0 unspecified atom stereocenters. The summed E-state index contributed by atoms with van der Waals surface area (Å²) in [5.41, 5.74) is 2.71. The molecule has 1 amide bonds. The Balaban J connectivity index is 2.10. The van der Waals surface area contributed by atoms with Crippen molar-refractivity contribution in [2.45, 2.75) is 0 Å². The highest BCUT2D eigenvalue weighted by Crippen LogP contribution is 2.41. The molecule has 0 aliphatic carbocycles. The van der Waals surface area contributed by atoms with Gasteiger partial charge >= 0.3 is 6.09 Å². The Kier molecular flexibility index (Phi) is 3.71. The average molecular weight is 295 g/mol. The standard InChI is InChI=1S/C17H13NO2S/c19-17(20)18-14-11-15(12-7-3-1-4-8-12)21-16(14)13-9-5-2-6-10-13/h1-11,18H,(H,19,20). The van der Waals surface area contributed by atoms with Gasteiger partial charge < -0.3 is 5.11 Å². The molecule has 4 heteroatoms. The molecule has 0 bridgehead atoms. The van der Waals surface area contributed by atoms with Crippen molar-refractivity contribution in [3.8, 4) is 20.9 Å². The maximum Gasteiger partial charge on any atom is 0.409 e. The van der Waals surface area contributed by atoms with E-state index in [2.05, 4.69) is 5.32 Å². The van der Waals surface area contributed by atoms with Gasteiger partial charge in [0.15, 0.2) is 0 Å². The molecule has 2 N–H and O–H groups in total. The Bertz CT molecular complexity index is 751. The highest BCUT2D eigenvalue weighted by molar-refractivity contribution is 7.19. The molecule has 3 aromatic rings. The molecule has 0 saturated heterocycles. The predicted molar refractivity (Wildman–Crippen MR) is 86.8 cm³/mol. The lowest BCUT2D eigenvalue weighted by Gasteiger charge is -2.02. The highest BCUT2D eigenvalue weighted by Gasteiger charge is 2.13. The number of hydrogen-bond donors (Lipinski definition) is 2. The second kappa shape index (κ2) is 5.81. The van der Waals surface area contributed by atoms with Gasteiger partial charge in [0.1, 0.15) is 0 Å². The summed E-state index contributed by atoms with van der Waals surface area (Å²) in [6.07, 6.45) is -1.05. The molecule has 21 heavy (non-hydrogen) atoms. The zero-order valence-corrected chi connectivity index (χ0v) is 11.9. The first-order valence-corrected chi connectivity index (χ1v) is 7.30. The molecule has 0 fully saturated rings. The summed E-state index contributed by atoms with van der Waals surface area (Å²) in [5.74, 6) is 0. The first-order chi connectivity index (χ1) is 10.2. The highest BCUT2D eigenvalue weighted by atomic mass is 32.1. The second-order valence-corrected chi connectivity index (χ2v) is 5.57. The van der Waals surface area contributed by atoms with Gasteiger partial charge in [0.2, 0.25) is 0 Å². The van der Waals surface area contributed by atoms with Crippen LogP contribution in [0.4, 0.5) is 10.5 Å². The van der Waals surface area contributed by atoms with Gasteiger partial charge in [0.25, 0.3) is 0 Å². The molecule has 3 nitrogen and oxygen atoms in total. The maximum absolute atomic E-state index is 11.0. The quantitative estimate of drug-likeness (QED) is 0.700. The Hall–Kier alpha value is -2.59. The minimum Gasteiger partial charge on any atom is -0.465 e. The van der Waals surface area contributed by atoms with Gasteiger partial charge in [0.05, 0.1) is 10.6 Å². The fraction of sp³-hybridized carbons (Fsp3) is 0. The molecule has 0 atom stereocenters. The molecule has 0 spiro atoms. The number of anilines is 1. The molecule has 1 heterocycles. The Morgan fingerprint density at radius 3 is 2.05 bits per heavy atom. The van der Waals surface area contributed by atoms with Crippen LogP contribution in [0.2, 0.25) is 0 Å². The zero-order valence-electron chi connectivity index (χ0n) is 11.1. The van der Waals surface area contributed by atoms with Crippen molar-refractivity contribution in [2.75, 3.05) is 5.32 Å². The number of benzene rings is 2. The van der Waals surface area contributed by atoms with Gasteiger partial charge in [-0.3, -0.25) is 5.32 Å². The van der Waals surface area contributed by atoms with Crippen molar-refractivity contribution in [1.29, 1.82) is 0 Å². The molecule has 1 aromatic heterocycles. The second-order valence-electron chi connectivity index (χ2n) is 4.52. The molecule has 3 rings (SSSR count). The average Bonchev–Trinajstić information content (AvgIpc) is 2.92. The minimum atomic E-state index is -1.05. The van der Waals surface area contributed by atoms with Gasteiger partial charge in [-0.25, -0.2) is 4.79 Å². The largest absolute Gasteiger partial charge is 0.465 e. The molecule has 0 saturated carbocycles. The summed E-state index contributed by atoms with van der Waals surface area (Å²) in [6.45, 7) is 0. The number of thiophene rings is 1. The SMILES string of the molecule is O=C(O)Nc1cc(-c2ccccc2)sc1-c1ccccc1. The van der Waals surface area contributed by atoms with Crippen LogP contribution in [0.25, 0.3) is 20.9 Å². The summed E-state index contributed by atoms with van der Waals surface area (Å²) in [6, 6.07) is 21.6. The molecule has 0 radical (unpaired) electrons. The fourth-order valence-corrected chi connectivity index (χ4v) is 3.27. The van der Waals surface area contributed by atoms with Crippen LogP contribution in [-0.2, 0) is 0 Å². The Morgan fingerprint density at radius 2 is 1.48 bits per heavy atom. The van der Waals surface area contributed by atoms with E-state index in [1.807, 2.05) is 66.7 Å². The van der Waals surface area contributed by atoms with E-state index in [0.717, 1.165) is 20.9 Å². The van der Waals surface area contributed by atoms with Crippen LogP contribution in [0.5, 0.6) is 0 Å². The van der Waals surface area contributed by atoms with Crippen molar-refractivity contribution < 1.29 is 9.90 Å². The van der Waals surface area contributed by atoms with Crippen LogP contribution in [0.15, 0.2) is 66.7 Å². The molecule has 0 aliphatic heterocycles. The molecule has 104 valence electrons. The van der Waals surface area contributed by atoms with E-state index in [0.29, 0.717) is 5.69 Å². The number of carboxylic acid groups (broad SMARTS) is 1. The van der Waals surface area contributed by atoms with Gasteiger partial charge in [-0.15, -0.1) is 11.3 Å². The summed E-state index contributed by atoms with van der Waals surface area (Å²) < 4.78 is 0. The van der Waals surface area contributed by atoms with Crippen LogP contribution in [0.3, 0.4) is 0 Å². The lowest BCUT2D eigenvalue weighted by molar-refractivity contribution is 0.210. The van der Waals surface area contributed by atoms with E-state index in [-0.39, 0.29) is 0 Å². The van der Waals surface area contributed by atoms with E-state index >= 15 is 0 Å². The number of hydrogen-bond acceptors (Lipinski definition) is 2. The minimum absolute atomic E-state index is 0.623. The van der Waals surface area contributed by atoms with Gasteiger partial charge in [-0.05, 0) is 17.2 Å². The molecule has 0 aliphatic rings. The van der Waals surface area contributed by atoms with E-state index in [4.69, 9.17) is 5.11 Å². The summed E-state index contributed by atoms with van der Waals surface area (Å²) in [4.78, 5) is 13.0. The van der Waals surface area contributed by atoms with Crippen molar-refractivity contribution >= 4 is 23.1 Å². The van der Waals surface area contributed by atoms with E-state index < -0.39 is 6.09 Å². The first-order valence-electron chi connectivity index (χ1n) is 6.48. The van der Waals surface area contributed by atoms with Gasteiger partial charge in [0, 0.05) is 4.88 Å². The number of nitrogens with one attached hydrogen (secondary N) is 1. The number of carbonyl (C=O) groups is 1. The van der Waals surface area contributed by atoms with E-state index in [1.165, 1.54) is 0 Å². The normalized spacial score (nSPS) is 10.3. The van der Waals surface area contributed by atoms with Crippen molar-refractivity contribution in [1.82, 2.24) is 0 Å². The van der Waals surface area contributed by atoms with Crippen molar-refractivity contribution in [2.24, 2.45) is 0 Å². The third kappa shape index (κ3) is 2.95. The van der Waals surface area contributed by atoms with Crippen LogP contribution in [0, 0.1) is 0 Å². The topological polar surface area (TPSA) is 49.3 Å². The van der Waals surface area contributed by atoms with Crippen LogP contribution in [-0.4, -0.2) is 11.2 Å². The predicted octanol–water partition coefficient (Wildman–Crippen LogP) is 5.17. The Morgan fingerprint density at radius 1 is 0.905 bits per heavy atom. The van der Waals surface area contributed by atoms with Crippen LogP contribution < -0.4 is 5.32 Å². The number of rotatable bonds is 3. The zero-order chi connectivity index (χ0) is 14.7. The van der Waals surface area contributed by atoms with E-state index in [9.17, 15) is 4.79 Å². The van der Waals surface area contributed by atoms with Crippen LogP contribution in [0.1, 0.15) is 0 Å². The lowest BCUT2D eigenvalue weighted by atomic mass is 10.1. The van der Waals surface area contributed by atoms with Gasteiger partial charge in [-0.2, -0.15) is 0 Å². The monoisotopic (exact) mass is 295 g/mol. The third-order valence-corrected chi connectivity index (χ3v) is 4.30.